The van der Waals surface area contributed by atoms with E-state index in [1.165, 1.54) is 5.69 Å². The first-order chi connectivity index (χ1) is 4.84. The Kier molecular flexibility index (Phi) is 3.18. The Morgan fingerprint density at radius 2 is 2.30 bits per heavy atom. The van der Waals surface area contributed by atoms with E-state index in [4.69, 9.17) is 0 Å². The summed E-state index contributed by atoms with van der Waals surface area (Å²) in [5, 5.41) is 0. The Hall–Kier alpha value is -0.0604. The summed E-state index contributed by atoms with van der Waals surface area (Å²) in [6.45, 7) is 2.25. The van der Waals surface area contributed by atoms with Gasteiger partial charge in [-0.3, -0.25) is 0 Å². The van der Waals surface area contributed by atoms with Gasteiger partial charge in [-0.25, -0.2) is 0 Å². The standard InChI is InChI=1S/C8H11NTe/c1-7(10-2)8-5-3-4-6-9-8/h3-7H,1-2H3. The molecule has 0 saturated heterocycles. The van der Waals surface area contributed by atoms with Crippen LogP contribution in [0.2, 0.25) is 4.97 Å². The molecule has 54 valence electrons. The van der Waals surface area contributed by atoms with Gasteiger partial charge in [0.25, 0.3) is 0 Å². The first kappa shape index (κ1) is 8.04. The molecule has 1 rings (SSSR count). The van der Waals surface area contributed by atoms with E-state index in [-0.39, 0.29) is 20.9 Å². The van der Waals surface area contributed by atoms with Crippen LogP contribution in [0.3, 0.4) is 0 Å². The van der Waals surface area contributed by atoms with Gasteiger partial charge in [0.05, 0.1) is 0 Å². The molecule has 1 aromatic rings. The second-order valence-corrected chi connectivity index (χ2v) is 5.50. The van der Waals surface area contributed by atoms with Gasteiger partial charge in [-0.05, 0) is 0 Å². The van der Waals surface area contributed by atoms with E-state index in [0.29, 0.717) is 0 Å². The number of aromatic nitrogens is 1. The van der Waals surface area contributed by atoms with Gasteiger partial charge in [0.15, 0.2) is 0 Å². The Bertz CT molecular complexity index is 186. The first-order valence-corrected chi connectivity index (χ1v) is 6.96. The predicted octanol–water partition coefficient (Wildman–Crippen LogP) is 1.89. The fraction of sp³-hybridized carbons (Fsp3) is 0.375. The van der Waals surface area contributed by atoms with Crippen LogP contribution in [0.5, 0.6) is 0 Å². The number of rotatable bonds is 2. The maximum atomic E-state index is 4.28. The third-order valence-corrected chi connectivity index (χ3v) is 4.17. The van der Waals surface area contributed by atoms with Crippen LogP contribution >= 0.6 is 0 Å². The average Bonchev–Trinajstić information content (AvgIpc) is 2.05. The van der Waals surface area contributed by atoms with Crippen molar-refractivity contribution in [2.75, 3.05) is 0 Å². The molecule has 0 fully saturated rings. The van der Waals surface area contributed by atoms with Crippen molar-refractivity contribution >= 4 is 20.9 Å². The molecule has 0 amide bonds. The summed E-state index contributed by atoms with van der Waals surface area (Å²) >= 11 is 0.147. The molecular weight excluding hydrogens is 238 g/mol. The molecule has 1 atom stereocenters. The molecule has 0 N–H and O–H groups in total. The Labute approximate surface area is 71.9 Å². The zero-order valence-corrected chi connectivity index (χ0v) is 8.57. The summed E-state index contributed by atoms with van der Waals surface area (Å²) in [7, 11) is 0. The van der Waals surface area contributed by atoms with E-state index in [1.54, 1.807) is 0 Å². The van der Waals surface area contributed by atoms with E-state index in [2.05, 4.69) is 29.0 Å². The minimum atomic E-state index is 0.147. The van der Waals surface area contributed by atoms with Crippen molar-refractivity contribution in [3.8, 4) is 0 Å². The van der Waals surface area contributed by atoms with E-state index in [9.17, 15) is 0 Å². The van der Waals surface area contributed by atoms with Crippen molar-refractivity contribution < 1.29 is 0 Å². The molecule has 0 aliphatic carbocycles. The van der Waals surface area contributed by atoms with E-state index in [0.717, 1.165) is 3.97 Å². The van der Waals surface area contributed by atoms with Crippen molar-refractivity contribution in [2.45, 2.75) is 15.9 Å². The molecule has 0 bridgehead atoms. The molecule has 0 radical (unpaired) electrons. The molecule has 0 aliphatic rings. The van der Waals surface area contributed by atoms with Crippen molar-refractivity contribution in [3.63, 3.8) is 0 Å². The molecule has 1 heterocycles. The maximum absolute atomic E-state index is 4.28. The number of pyridine rings is 1. The van der Waals surface area contributed by atoms with Gasteiger partial charge in [0.2, 0.25) is 0 Å². The zero-order chi connectivity index (χ0) is 7.40. The number of nitrogens with zero attached hydrogens (tertiary/aromatic N) is 1. The van der Waals surface area contributed by atoms with Crippen LogP contribution in [-0.4, -0.2) is 25.9 Å². The monoisotopic (exact) mass is 251 g/mol. The molecule has 1 aromatic heterocycles. The van der Waals surface area contributed by atoms with Gasteiger partial charge in [0, 0.05) is 0 Å². The molecule has 0 spiro atoms. The van der Waals surface area contributed by atoms with Crippen molar-refractivity contribution in [3.05, 3.63) is 30.1 Å². The fourth-order valence-corrected chi connectivity index (χ4v) is 1.82. The normalized spacial score (nSPS) is 13.0. The fourth-order valence-electron chi connectivity index (χ4n) is 0.737. The minimum absolute atomic E-state index is 0.147. The van der Waals surface area contributed by atoms with Crippen LogP contribution in [-0.2, 0) is 0 Å². The third kappa shape index (κ3) is 1.97. The van der Waals surface area contributed by atoms with Crippen molar-refractivity contribution in [1.82, 2.24) is 4.98 Å². The van der Waals surface area contributed by atoms with Crippen LogP contribution < -0.4 is 0 Å². The SMILES string of the molecule is C[Te]C(C)c1ccccn1. The van der Waals surface area contributed by atoms with Crippen LogP contribution in [0.1, 0.15) is 16.6 Å². The van der Waals surface area contributed by atoms with Gasteiger partial charge in [-0.2, -0.15) is 0 Å². The quantitative estimate of drug-likeness (QED) is 0.729. The molecule has 1 nitrogen and oxygen atoms in total. The topological polar surface area (TPSA) is 12.9 Å². The summed E-state index contributed by atoms with van der Waals surface area (Å²) in [5.74, 6) is 0. The molecule has 0 aromatic carbocycles. The van der Waals surface area contributed by atoms with Gasteiger partial charge < -0.3 is 0 Å². The molecular formula is C8H11NTe. The van der Waals surface area contributed by atoms with E-state index >= 15 is 0 Å². The Morgan fingerprint density at radius 1 is 1.50 bits per heavy atom. The van der Waals surface area contributed by atoms with Gasteiger partial charge >= 0.3 is 71.9 Å². The summed E-state index contributed by atoms with van der Waals surface area (Å²) in [6, 6.07) is 6.13. The zero-order valence-electron chi connectivity index (χ0n) is 6.24. The first-order valence-electron chi connectivity index (χ1n) is 3.28. The van der Waals surface area contributed by atoms with Crippen molar-refractivity contribution in [2.24, 2.45) is 0 Å². The molecule has 0 aliphatic heterocycles. The summed E-state index contributed by atoms with van der Waals surface area (Å²) in [5.41, 5.74) is 1.26. The molecule has 10 heavy (non-hydrogen) atoms. The Balaban J connectivity index is 2.75. The summed E-state index contributed by atoms with van der Waals surface area (Å²) < 4.78 is 0.728. The van der Waals surface area contributed by atoms with Gasteiger partial charge in [0.1, 0.15) is 0 Å². The second kappa shape index (κ2) is 3.95. The van der Waals surface area contributed by atoms with Crippen LogP contribution in [0.15, 0.2) is 24.4 Å². The molecule has 1 unspecified atom stereocenters. The number of hydrogen-bond donors (Lipinski definition) is 0. The predicted molar refractivity (Wildman–Crippen MR) is 44.3 cm³/mol. The third-order valence-electron chi connectivity index (χ3n) is 1.46. The van der Waals surface area contributed by atoms with Crippen LogP contribution in [0.25, 0.3) is 0 Å². The molecule has 2 heteroatoms. The van der Waals surface area contributed by atoms with E-state index in [1.807, 2.05) is 12.3 Å². The molecule has 0 saturated carbocycles. The average molecular weight is 249 g/mol. The van der Waals surface area contributed by atoms with Gasteiger partial charge in [-0.1, -0.05) is 0 Å². The van der Waals surface area contributed by atoms with Crippen LogP contribution in [0, 0.1) is 0 Å². The summed E-state index contributed by atoms with van der Waals surface area (Å²) in [4.78, 5) is 6.59. The summed E-state index contributed by atoms with van der Waals surface area (Å²) in [6.07, 6.45) is 1.87. The second-order valence-electron chi connectivity index (χ2n) is 2.13. The Morgan fingerprint density at radius 3 is 2.80 bits per heavy atom. The van der Waals surface area contributed by atoms with Crippen molar-refractivity contribution in [1.29, 1.82) is 0 Å². The number of hydrogen-bond acceptors (Lipinski definition) is 1. The van der Waals surface area contributed by atoms with E-state index < -0.39 is 0 Å². The van der Waals surface area contributed by atoms with Crippen LogP contribution in [0.4, 0.5) is 0 Å². The van der Waals surface area contributed by atoms with Gasteiger partial charge in [-0.15, -0.1) is 0 Å².